The maximum Gasteiger partial charge on any atom is 0.264 e. The first-order valence-corrected chi connectivity index (χ1v) is 10.0. The largest absolute Gasteiger partial charge is 0.305 e. The molecule has 1 amide bonds. The molecule has 0 spiro atoms. The van der Waals surface area contributed by atoms with Crippen molar-refractivity contribution < 1.29 is 22.4 Å². The molecule has 0 radical (unpaired) electrons. The van der Waals surface area contributed by atoms with Crippen LogP contribution in [0, 0.1) is 5.82 Å². The molecule has 0 aromatic heterocycles. The van der Waals surface area contributed by atoms with Crippen LogP contribution in [0.2, 0.25) is 5.02 Å². The highest BCUT2D eigenvalue weighted by molar-refractivity contribution is 7.89. The number of carbonyl (C=O) groups is 1. The van der Waals surface area contributed by atoms with Crippen molar-refractivity contribution in [2.24, 2.45) is 0 Å². The van der Waals surface area contributed by atoms with Crippen molar-refractivity contribution in [2.45, 2.75) is 17.7 Å². The SMILES string of the molecule is CON(C)S(=O)(=O)c1ccc(C(=O)N2CCCc3c(Cl)ccc(F)c32)cc1. The van der Waals surface area contributed by atoms with E-state index in [0.29, 0.717) is 30.0 Å². The summed E-state index contributed by atoms with van der Waals surface area (Å²) in [6.07, 6.45) is 1.25. The number of nitrogens with zero attached hydrogens (tertiary/aromatic N) is 2. The third-order valence-electron chi connectivity index (χ3n) is 4.49. The first-order chi connectivity index (χ1) is 12.8. The Morgan fingerprint density at radius 2 is 1.89 bits per heavy atom. The summed E-state index contributed by atoms with van der Waals surface area (Å²) in [7, 11) is -1.30. The molecule has 0 fully saturated rings. The number of sulfonamides is 1. The number of fused-ring (bicyclic) bond motifs is 1. The lowest BCUT2D eigenvalue weighted by atomic mass is 10.00. The van der Waals surface area contributed by atoms with Gasteiger partial charge >= 0.3 is 0 Å². The number of carbonyl (C=O) groups excluding carboxylic acids is 1. The van der Waals surface area contributed by atoms with E-state index in [1.165, 1.54) is 55.5 Å². The van der Waals surface area contributed by atoms with Crippen LogP contribution in [0.5, 0.6) is 0 Å². The van der Waals surface area contributed by atoms with Crippen molar-refractivity contribution in [3.63, 3.8) is 0 Å². The normalized spacial score (nSPS) is 14.3. The van der Waals surface area contributed by atoms with Crippen LogP contribution in [0.4, 0.5) is 10.1 Å². The van der Waals surface area contributed by atoms with E-state index in [4.69, 9.17) is 16.4 Å². The molecule has 2 aromatic rings. The minimum Gasteiger partial charge on any atom is -0.305 e. The smallest absolute Gasteiger partial charge is 0.264 e. The highest BCUT2D eigenvalue weighted by Gasteiger charge is 2.28. The summed E-state index contributed by atoms with van der Waals surface area (Å²) >= 11 is 6.16. The molecule has 1 heterocycles. The Morgan fingerprint density at radius 1 is 1.22 bits per heavy atom. The van der Waals surface area contributed by atoms with Crippen LogP contribution >= 0.6 is 11.6 Å². The quantitative estimate of drug-likeness (QED) is 0.723. The van der Waals surface area contributed by atoms with E-state index in [1.807, 2.05) is 0 Å². The number of rotatable bonds is 4. The molecule has 27 heavy (non-hydrogen) atoms. The third-order valence-corrected chi connectivity index (χ3v) is 6.54. The number of hydrogen-bond acceptors (Lipinski definition) is 4. The van der Waals surface area contributed by atoms with Gasteiger partial charge in [0.15, 0.2) is 0 Å². The molecule has 3 rings (SSSR count). The van der Waals surface area contributed by atoms with Crippen molar-refractivity contribution in [2.75, 3.05) is 25.6 Å². The second kappa shape index (κ2) is 7.55. The van der Waals surface area contributed by atoms with Crippen molar-refractivity contribution in [3.8, 4) is 0 Å². The predicted octanol–water partition coefficient (Wildman–Crippen LogP) is 3.25. The van der Waals surface area contributed by atoms with Crippen LogP contribution in [0.25, 0.3) is 0 Å². The Morgan fingerprint density at radius 3 is 2.52 bits per heavy atom. The number of hydroxylamine groups is 1. The molecule has 144 valence electrons. The summed E-state index contributed by atoms with van der Waals surface area (Å²) in [6, 6.07) is 8.15. The molecule has 0 aliphatic carbocycles. The highest BCUT2D eigenvalue weighted by atomic mass is 35.5. The standard InChI is InChI=1S/C18H18ClFN2O4S/c1-21(26-2)27(24,25)13-7-5-12(6-8-13)18(23)22-11-3-4-14-15(19)9-10-16(20)17(14)22/h5-10H,3-4,11H2,1-2H3. The number of amides is 1. The number of hydrogen-bond donors (Lipinski definition) is 0. The summed E-state index contributed by atoms with van der Waals surface area (Å²) in [5.74, 6) is -0.926. The fraction of sp³-hybridized carbons (Fsp3) is 0.278. The van der Waals surface area contributed by atoms with Gasteiger partial charge in [-0.3, -0.25) is 9.63 Å². The Hall–Kier alpha value is -2.00. The lowest BCUT2D eigenvalue weighted by Gasteiger charge is -2.30. The highest BCUT2D eigenvalue weighted by Crippen LogP contribution is 2.35. The second-order valence-corrected chi connectivity index (χ2v) is 8.38. The number of halogens is 2. The van der Waals surface area contributed by atoms with E-state index < -0.39 is 21.7 Å². The topological polar surface area (TPSA) is 66.9 Å². The zero-order valence-electron chi connectivity index (χ0n) is 14.8. The third kappa shape index (κ3) is 3.58. The average Bonchev–Trinajstić information content (AvgIpc) is 2.69. The fourth-order valence-electron chi connectivity index (χ4n) is 3.01. The van der Waals surface area contributed by atoms with Gasteiger partial charge in [-0.1, -0.05) is 16.1 Å². The molecule has 6 nitrogen and oxygen atoms in total. The monoisotopic (exact) mass is 412 g/mol. The molecule has 1 aliphatic rings. The Labute approximate surface area is 162 Å². The first kappa shape index (κ1) is 19.8. The Kier molecular flexibility index (Phi) is 5.53. The summed E-state index contributed by atoms with van der Waals surface area (Å²) in [6.45, 7) is 0.357. The van der Waals surface area contributed by atoms with Gasteiger partial charge in [-0.05, 0) is 54.8 Å². The van der Waals surface area contributed by atoms with E-state index in [2.05, 4.69) is 0 Å². The molecule has 0 atom stereocenters. The molecule has 0 N–H and O–H groups in total. The summed E-state index contributed by atoms with van der Waals surface area (Å²) in [5, 5.41) is 0.424. The molecule has 2 aromatic carbocycles. The van der Waals surface area contributed by atoms with Crippen LogP contribution in [0.15, 0.2) is 41.3 Å². The van der Waals surface area contributed by atoms with Gasteiger partial charge in [-0.15, -0.1) is 0 Å². The van der Waals surface area contributed by atoms with E-state index in [-0.39, 0.29) is 16.1 Å². The zero-order chi connectivity index (χ0) is 19.8. The number of benzene rings is 2. The lowest BCUT2D eigenvalue weighted by molar-refractivity contribution is -0.0258. The first-order valence-electron chi connectivity index (χ1n) is 8.19. The molecule has 9 heteroatoms. The van der Waals surface area contributed by atoms with Crippen molar-refractivity contribution in [3.05, 3.63) is 58.4 Å². The van der Waals surface area contributed by atoms with E-state index in [0.717, 1.165) is 4.47 Å². The van der Waals surface area contributed by atoms with Gasteiger partial charge in [0.2, 0.25) is 0 Å². The molecular formula is C18H18ClFN2O4S. The number of anilines is 1. The minimum absolute atomic E-state index is 0.0170. The molecule has 0 saturated carbocycles. The maximum atomic E-state index is 14.4. The van der Waals surface area contributed by atoms with Crippen LogP contribution in [0.3, 0.4) is 0 Å². The molecule has 1 aliphatic heterocycles. The molecule has 0 saturated heterocycles. The lowest BCUT2D eigenvalue weighted by Crippen LogP contribution is -2.36. The van der Waals surface area contributed by atoms with Crippen molar-refractivity contribution in [1.29, 1.82) is 0 Å². The Bertz CT molecular complexity index is 980. The predicted molar refractivity (Wildman–Crippen MR) is 99.8 cm³/mol. The van der Waals surface area contributed by atoms with Crippen molar-refractivity contribution in [1.82, 2.24) is 4.47 Å². The van der Waals surface area contributed by atoms with Gasteiger partial charge in [-0.25, -0.2) is 12.8 Å². The summed E-state index contributed by atoms with van der Waals surface area (Å²) < 4.78 is 39.6. The van der Waals surface area contributed by atoms with Crippen LogP contribution in [-0.2, 0) is 21.3 Å². The van der Waals surface area contributed by atoms with Gasteiger partial charge in [0.25, 0.3) is 15.9 Å². The molecular weight excluding hydrogens is 395 g/mol. The zero-order valence-corrected chi connectivity index (χ0v) is 16.3. The van der Waals surface area contributed by atoms with Gasteiger partial charge < -0.3 is 4.90 Å². The maximum absolute atomic E-state index is 14.4. The second-order valence-electron chi connectivity index (χ2n) is 6.04. The van der Waals surface area contributed by atoms with Gasteiger partial charge in [0.05, 0.1) is 17.7 Å². The average molecular weight is 413 g/mol. The fourth-order valence-corrected chi connectivity index (χ4v) is 4.23. The minimum atomic E-state index is -3.81. The van der Waals surface area contributed by atoms with E-state index in [9.17, 15) is 17.6 Å². The van der Waals surface area contributed by atoms with Crippen molar-refractivity contribution >= 4 is 33.2 Å². The van der Waals surface area contributed by atoms with E-state index in [1.54, 1.807) is 0 Å². The summed E-state index contributed by atoms with van der Waals surface area (Å²) in [4.78, 5) is 19.0. The van der Waals surface area contributed by atoms with Gasteiger partial charge in [0, 0.05) is 24.2 Å². The Balaban J connectivity index is 1.94. The van der Waals surface area contributed by atoms with Crippen LogP contribution in [-0.4, -0.2) is 39.5 Å². The summed E-state index contributed by atoms with van der Waals surface area (Å²) in [5.41, 5.74) is 1.05. The van der Waals surface area contributed by atoms with Gasteiger partial charge in [0.1, 0.15) is 5.82 Å². The van der Waals surface area contributed by atoms with Crippen LogP contribution < -0.4 is 4.90 Å². The van der Waals surface area contributed by atoms with E-state index >= 15 is 0 Å². The molecule has 0 bridgehead atoms. The van der Waals surface area contributed by atoms with Gasteiger partial charge in [-0.2, -0.15) is 0 Å². The van der Waals surface area contributed by atoms with Crippen LogP contribution in [0.1, 0.15) is 22.3 Å². The molecule has 0 unspecified atom stereocenters.